The Bertz CT molecular complexity index is 243. The van der Waals surface area contributed by atoms with Gasteiger partial charge in [-0.05, 0) is 24.3 Å². The summed E-state index contributed by atoms with van der Waals surface area (Å²) in [6.45, 7) is 4.28. The Kier molecular flexibility index (Phi) is 4.68. The van der Waals surface area contributed by atoms with Crippen molar-refractivity contribution in [1.82, 2.24) is 0 Å². The molecule has 0 amide bonds. The van der Waals surface area contributed by atoms with Gasteiger partial charge in [0.25, 0.3) is 0 Å². The molecule has 14 heavy (non-hydrogen) atoms. The van der Waals surface area contributed by atoms with Crippen molar-refractivity contribution in [1.29, 1.82) is 0 Å². The molecule has 0 radical (unpaired) electrons. The van der Waals surface area contributed by atoms with Crippen molar-refractivity contribution in [3.05, 3.63) is 35.9 Å². The van der Waals surface area contributed by atoms with Crippen molar-refractivity contribution < 1.29 is 5.11 Å². The first-order valence-corrected chi connectivity index (χ1v) is 5.47. The lowest BCUT2D eigenvalue weighted by Crippen LogP contribution is -2.10. The molecule has 0 fully saturated rings. The van der Waals surface area contributed by atoms with Gasteiger partial charge in [0.2, 0.25) is 0 Å². The molecule has 2 atom stereocenters. The maximum Gasteiger partial charge on any atom is 0.0545 e. The highest BCUT2D eigenvalue weighted by molar-refractivity contribution is 5.18. The summed E-state index contributed by atoms with van der Waals surface area (Å²) in [7, 11) is 0. The van der Waals surface area contributed by atoms with E-state index in [-0.39, 0.29) is 6.10 Å². The zero-order valence-electron chi connectivity index (χ0n) is 9.11. The highest BCUT2D eigenvalue weighted by Gasteiger charge is 2.10. The molecule has 0 aliphatic rings. The van der Waals surface area contributed by atoms with Gasteiger partial charge < -0.3 is 5.11 Å². The normalized spacial score (nSPS) is 15.1. The number of aliphatic hydroxyl groups is 1. The Morgan fingerprint density at radius 2 is 1.86 bits per heavy atom. The molecule has 1 rings (SSSR count). The first-order chi connectivity index (χ1) is 6.74. The number of rotatable bonds is 5. The van der Waals surface area contributed by atoms with Crippen molar-refractivity contribution in [2.24, 2.45) is 0 Å². The third-order valence-corrected chi connectivity index (χ3v) is 2.62. The third-order valence-electron chi connectivity index (χ3n) is 2.62. The second kappa shape index (κ2) is 5.82. The van der Waals surface area contributed by atoms with Crippen molar-refractivity contribution in [2.45, 2.75) is 45.1 Å². The third kappa shape index (κ3) is 3.51. The van der Waals surface area contributed by atoms with Crippen molar-refractivity contribution in [3.8, 4) is 0 Å². The van der Waals surface area contributed by atoms with Gasteiger partial charge in [0.15, 0.2) is 0 Å². The molecule has 1 aromatic rings. The minimum absolute atomic E-state index is 0.143. The molecule has 0 heterocycles. The van der Waals surface area contributed by atoms with E-state index in [0.29, 0.717) is 5.92 Å². The van der Waals surface area contributed by atoms with Crippen molar-refractivity contribution >= 4 is 0 Å². The van der Waals surface area contributed by atoms with E-state index in [0.717, 1.165) is 19.3 Å². The number of benzene rings is 1. The monoisotopic (exact) mass is 192 g/mol. The maximum atomic E-state index is 9.68. The van der Waals surface area contributed by atoms with Gasteiger partial charge in [0, 0.05) is 0 Å². The summed E-state index contributed by atoms with van der Waals surface area (Å²) >= 11 is 0. The van der Waals surface area contributed by atoms with Gasteiger partial charge in [-0.3, -0.25) is 0 Å². The van der Waals surface area contributed by atoms with E-state index in [1.807, 2.05) is 6.07 Å². The number of aliphatic hydroxyl groups excluding tert-OH is 1. The molecule has 78 valence electrons. The molecule has 0 aliphatic carbocycles. The molecule has 1 aromatic carbocycles. The SMILES string of the molecule is CCC[C@H](O)CC(C)c1ccccc1. The smallest absolute Gasteiger partial charge is 0.0545 e. The quantitative estimate of drug-likeness (QED) is 0.758. The van der Waals surface area contributed by atoms with Crippen LogP contribution < -0.4 is 0 Å². The molecule has 1 N–H and O–H groups in total. The fourth-order valence-electron chi connectivity index (χ4n) is 1.78. The molecule has 0 bridgehead atoms. The summed E-state index contributed by atoms with van der Waals surface area (Å²) in [5.41, 5.74) is 1.32. The first kappa shape index (κ1) is 11.3. The van der Waals surface area contributed by atoms with Crippen molar-refractivity contribution in [2.75, 3.05) is 0 Å². The average Bonchev–Trinajstić information content (AvgIpc) is 2.19. The molecular weight excluding hydrogens is 172 g/mol. The molecule has 1 unspecified atom stereocenters. The Morgan fingerprint density at radius 3 is 2.43 bits per heavy atom. The zero-order valence-corrected chi connectivity index (χ0v) is 9.11. The average molecular weight is 192 g/mol. The Labute approximate surface area is 86.8 Å². The van der Waals surface area contributed by atoms with Crippen LogP contribution >= 0.6 is 0 Å². The molecule has 0 saturated heterocycles. The first-order valence-electron chi connectivity index (χ1n) is 5.47. The largest absolute Gasteiger partial charge is 0.393 e. The molecule has 0 aromatic heterocycles. The lowest BCUT2D eigenvalue weighted by molar-refractivity contribution is 0.146. The zero-order chi connectivity index (χ0) is 10.4. The summed E-state index contributed by atoms with van der Waals surface area (Å²) in [4.78, 5) is 0. The number of hydrogen-bond acceptors (Lipinski definition) is 1. The van der Waals surface area contributed by atoms with Crippen LogP contribution in [0.25, 0.3) is 0 Å². The van der Waals surface area contributed by atoms with Gasteiger partial charge in [-0.2, -0.15) is 0 Å². The molecule has 0 aliphatic heterocycles. The van der Waals surface area contributed by atoms with E-state index < -0.39 is 0 Å². The van der Waals surface area contributed by atoms with Crippen LogP contribution in [0.2, 0.25) is 0 Å². The maximum absolute atomic E-state index is 9.68. The van der Waals surface area contributed by atoms with Crippen LogP contribution in [0.3, 0.4) is 0 Å². The van der Waals surface area contributed by atoms with Crippen LogP contribution in [0.5, 0.6) is 0 Å². The molecule has 1 heteroatoms. The van der Waals surface area contributed by atoms with E-state index in [9.17, 15) is 5.11 Å². The highest BCUT2D eigenvalue weighted by atomic mass is 16.3. The van der Waals surface area contributed by atoms with Crippen LogP contribution in [0.15, 0.2) is 30.3 Å². The van der Waals surface area contributed by atoms with E-state index in [1.165, 1.54) is 5.56 Å². The van der Waals surface area contributed by atoms with Gasteiger partial charge in [-0.1, -0.05) is 50.6 Å². The van der Waals surface area contributed by atoms with E-state index in [2.05, 4.69) is 38.1 Å². The highest BCUT2D eigenvalue weighted by Crippen LogP contribution is 2.21. The van der Waals surface area contributed by atoms with E-state index in [4.69, 9.17) is 0 Å². The van der Waals surface area contributed by atoms with Crippen LogP contribution in [0.4, 0.5) is 0 Å². The minimum Gasteiger partial charge on any atom is -0.393 e. The Balaban J connectivity index is 2.46. The van der Waals surface area contributed by atoms with E-state index in [1.54, 1.807) is 0 Å². The summed E-state index contributed by atoms with van der Waals surface area (Å²) in [6.07, 6.45) is 2.70. The molecular formula is C13H20O. The van der Waals surface area contributed by atoms with E-state index >= 15 is 0 Å². The van der Waals surface area contributed by atoms with Gasteiger partial charge in [0.05, 0.1) is 6.10 Å². The van der Waals surface area contributed by atoms with Crippen LogP contribution in [0.1, 0.15) is 44.6 Å². The molecule has 1 nitrogen and oxygen atoms in total. The standard InChI is InChI=1S/C13H20O/c1-3-7-13(14)10-11(2)12-8-5-4-6-9-12/h4-6,8-9,11,13-14H,3,7,10H2,1-2H3/t11?,13-/m0/s1. The summed E-state index contributed by atoms with van der Waals surface area (Å²) in [5, 5.41) is 9.68. The predicted molar refractivity (Wildman–Crippen MR) is 60.4 cm³/mol. The lowest BCUT2D eigenvalue weighted by Gasteiger charge is -2.16. The topological polar surface area (TPSA) is 20.2 Å². The van der Waals surface area contributed by atoms with Crippen LogP contribution in [0, 0.1) is 0 Å². The second-order valence-corrected chi connectivity index (χ2v) is 3.99. The minimum atomic E-state index is -0.143. The fraction of sp³-hybridized carbons (Fsp3) is 0.538. The molecule has 0 saturated carbocycles. The Hall–Kier alpha value is -0.820. The lowest BCUT2D eigenvalue weighted by atomic mass is 9.94. The number of hydrogen-bond donors (Lipinski definition) is 1. The van der Waals surface area contributed by atoms with Crippen LogP contribution in [-0.4, -0.2) is 11.2 Å². The predicted octanol–water partition coefficient (Wildman–Crippen LogP) is 3.34. The summed E-state index contributed by atoms with van der Waals surface area (Å²) in [5.74, 6) is 0.456. The summed E-state index contributed by atoms with van der Waals surface area (Å²) in [6, 6.07) is 10.4. The second-order valence-electron chi connectivity index (χ2n) is 3.99. The van der Waals surface area contributed by atoms with Crippen molar-refractivity contribution in [3.63, 3.8) is 0 Å². The van der Waals surface area contributed by atoms with Crippen LogP contribution in [-0.2, 0) is 0 Å². The van der Waals surface area contributed by atoms with Gasteiger partial charge in [0.1, 0.15) is 0 Å². The summed E-state index contributed by atoms with van der Waals surface area (Å²) < 4.78 is 0. The Morgan fingerprint density at radius 1 is 1.21 bits per heavy atom. The molecule has 0 spiro atoms. The van der Waals surface area contributed by atoms with Gasteiger partial charge >= 0.3 is 0 Å². The van der Waals surface area contributed by atoms with Gasteiger partial charge in [-0.25, -0.2) is 0 Å². The van der Waals surface area contributed by atoms with Gasteiger partial charge in [-0.15, -0.1) is 0 Å². The fourth-order valence-corrected chi connectivity index (χ4v) is 1.78.